The lowest BCUT2D eigenvalue weighted by Crippen LogP contribution is -2.44. The van der Waals surface area contributed by atoms with Gasteiger partial charge in [0.1, 0.15) is 5.75 Å². The Kier molecular flexibility index (Phi) is 8.12. The number of likely N-dealkylation sites (tertiary alicyclic amines) is 1. The van der Waals surface area contributed by atoms with Crippen LogP contribution >= 0.6 is 0 Å². The summed E-state index contributed by atoms with van der Waals surface area (Å²) in [6, 6.07) is 17.2. The van der Waals surface area contributed by atoms with Gasteiger partial charge in [0.15, 0.2) is 0 Å². The monoisotopic (exact) mass is 409 g/mol. The fourth-order valence-electron chi connectivity index (χ4n) is 3.48. The van der Waals surface area contributed by atoms with Gasteiger partial charge in [-0.1, -0.05) is 43.7 Å². The summed E-state index contributed by atoms with van der Waals surface area (Å²) >= 11 is 0. The third kappa shape index (κ3) is 6.51. The quantitative estimate of drug-likeness (QED) is 0.634. The number of hydrogen-bond acceptors (Lipinski definition) is 3. The summed E-state index contributed by atoms with van der Waals surface area (Å²) in [5, 5.41) is 5.93. The predicted octanol–water partition coefficient (Wildman–Crippen LogP) is 4.43. The van der Waals surface area contributed by atoms with Gasteiger partial charge in [-0.15, -0.1) is 0 Å². The molecule has 6 heteroatoms. The molecule has 1 saturated heterocycles. The van der Waals surface area contributed by atoms with E-state index in [1.54, 1.807) is 4.90 Å². The van der Waals surface area contributed by atoms with Gasteiger partial charge in [0.2, 0.25) is 5.91 Å². The van der Waals surface area contributed by atoms with Crippen LogP contribution in [0.2, 0.25) is 0 Å². The second-order valence-corrected chi connectivity index (χ2v) is 7.62. The molecular weight excluding hydrogens is 378 g/mol. The Balaban J connectivity index is 1.41. The summed E-state index contributed by atoms with van der Waals surface area (Å²) in [6.07, 6.45) is 3.48. The van der Waals surface area contributed by atoms with Crippen LogP contribution in [-0.4, -0.2) is 36.5 Å². The second kappa shape index (κ2) is 11.2. The summed E-state index contributed by atoms with van der Waals surface area (Å²) < 4.78 is 5.73. The minimum atomic E-state index is -0.111. The number of urea groups is 1. The van der Waals surface area contributed by atoms with Crippen LogP contribution in [0, 0.1) is 5.92 Å². The molecule has 1 aliphatic rings. The lowest BCUT2D eigenvalue weighted by atomic mass is 9.96. The highest BCUT2D eigenvalue weighted by atomic mass is 16.5. The van der Waals surface area contributed by atoms with Crippen molar-refractivity contribution in [3.8, 4) is 5.75 Å². The molecule has 0 aromatic heterocycles. The van der Waals surface area contributed by atoms with Crippen LogP contribution in [0.4, 0.5) is 10.5 Å². The first-order valence-corrected chi connectivity index (χ1v) is 10.8. The van der Waals surface area contributed by atoms with E-state index in [1.807, 2.05) is 54.6 Å². The zero-order chi connectivity index (χ0) is 21.2. The molecule has 0 saturated carbocycles. The van der Waals surface area contributed by atoms with Crippen molar-refractivity contribution < 1.29 is 14.3 Å². The van der Waals surface area contributed by atoms with Gasteiger partial charge in [0.25, 0.3) is 0 Å². The molecule has 0 unspecified atom stereocenters. The Labute approximate surface area is 178 Å². The molecule has 1 fully saturated rings. The number of carbonyl (C=O) groups excluding carboxylic acids is 2. The number of para-hydroxylation sites is 1. The number of anilines is 1. The first-order valence-electron chi connectivity index (χ1n) is 10.8. The third-order valence-electron chi connectivity index (χ3n) is 5.31. The topological polar surface area (TPSA) is 70.7 Å². The SMILES string of the molecule is CCCCOc1cccc(CNC(=O)C2CCN(C(=O)Nc3ccccc3)CC2)c1. The molecule has 1 heterocycles. The van der Waals surface area contributed by atoms with Gasteiger partial charge in [-0.05, 0) is 49.1 Å². The van der Waals surface area contributed by atoms with Crippen molar-refractivity contribution in [1.82, 2.24) is 10.2 Å². The first kappa shape index (κ1) is 21.7. The molecule has 2 N–H and O–H groups in total. The number of nitrogens with one attached hydrogen (secondary N) is 2. The molecule has 160 valence electrons. The lowest BCUT2D eigenvalue weighted by molar-refractivity contribution is -0.126. The summed E-state index contributed by atoms with van der Waals surface area (Å²) in [5.74, 6) is 0.832. The molecule has 0 aliphatic carbocycles. The van der Waals surface area contributed by atoms with E-state index >= 15 is 0 Å². The Morgan fingerprint density at radius 1 is 1.07 bits per heavy atom. The minimum absolute atomic E-state index is 0.0513. The van der Waals surface area contributed by atoms with Crippen molar-refractivity contribution in [2.24, 2.45) is 5.92 Å². The smallest absolute Gasteiger partial charge is 0.321 e. The maximum Gasteiger partial charge on any atom is 0.321 e. The molecule has 2 aromatic carbocycles. The summed E-state index contributed by atoms with van der Waals surface area (Å²) in [6.45, 7) is 4.49. The average Bonchev–Trinajstić information content (AvgIpc) is 2.79. The van der Waals surface area contributed by atoms with Gasteiger partial charge >= 0.3 is 6.03 Å². The van der Waals surface area contributed by atoms with E-state index in [-0.39, 0.29) is 17.9 Å². The lowest BCUT2D eigenvalue weighted by Gasteiger charge is -2.31. The Hall–Kier alpha value is -3.02. The fraction of sp³-hybridized carbons (Fsp3) is 0.417. The van der Waals surface area contributed by atoms with E-state index in [2.05, 4.69) is 17.6 Å². The number of unbranched alkanes of at least 4 members (excludes halogenated alkanes) is 1. The van der Waals surface area contributed by atoms with E-state index in [4.69, 9.17) is 4.74 Å². The number of carbonyl (C=O) groups is 2. The molecule has 2 aromatic rings. The molecule has 0 bridgehead atoms. The normalized spacial score (nSPS) is 14.2. The van der Waals surface area contributed by atoms with Crippen LogP contribution in [0.5, 0.6) is 5.75 Å². The highest BCUT2D eigenvalue weighted by Gasteiger charge is 2.27. The van der Waals surface area contributed by atoms with E-state index in [9.17, 15) is 9.59 Å². The van der Waals surface area contributed by atoms with E-state index in [1.165, 1.54) is 0 Å². The highest BCUT2D eigenvalue weighted by molar-refractivity contribution is 5.89. The van der Waals surface area contributed by atoms with E-state index in [0.29, 0.717) is 39.1 Å². The van der Waals surface area contributed by atoms with E-state index < -0.39 is 0 Å². The van der Waals surface area contributed by atoms with Gasteiger partial charge in [0.05, 0.1) is 6.61 Å². The zero-order valence-corrected chi connectivity index (χ0v) is 17.6. The van der Waals surface area contributed by atoms with E-state index in [0.717, 1.165) is 29.8 Å². The summed E-state index contributed by atoms with van der Waals surface area (Å²) in [4.78, 5) is 26.7. The van der Waals surface area contributed by atoms with Crippen molar-refractivity contribution >= 4 is 17.6 Å². The van der Waals surface area contributed by atoms with Crippen molar-refractivity contribution in [3.63, 3.8) is 0 Å². The predicted molar refractivity (Wildman–Crippen MR) is 118 cm³/mol. The van der Waals surface area contributed by atoms with Crippen molar-refractivity contribution in [3.05, 3.63) is 60.2 Å². The summed E-state index contributed by atoms with van der Waals surface area (Å²) in [7, 11) is 0. The van der Waals surface area contributed by atoms with Crippen LogP contribution in [0.15, 0.2) is 54.6 Å². The number of ether oxygens (including phenoxy) is 1. The molecule has 0 spiro atoms. The standard InChI is InChI=1S/C24H31N3O3/c1-2-3-16-30-22-11-7-8-19(17-22)18-25-23(28)20-12-14-27(15-13-20)24(29)26-21-9-5-4-6-10-21/h4-11,17,20H,2-3,12-16,18H2,1H3,(H,25,28)(H,26,29). The molecule has 3 rings (SSSR count). The molecular formula is C24H31N3O3. The number of rotatable bonds is 8. The zero-order valence-electron chi connectivity index (χ0n) is 17.6. The van der Waals surface area contributed by atoms with Gasteiger partial charge in [-0.25, -0.2) is 4.79 Å². The average molecular weight is 410 g/mol. The number of nitrogens with zero attached hydrogens (tertiary/aromatic N) is 1. The maximum atomic E-state index is 12.6. The second-order valence-electron chi connectivity index (χ2n) is 7.62. The fourth-order valence-corrected chi connectivity index (χ4v) is 3.48. The molecule has 6 nitrogen and oxygen atoms in total. The van der Waals surface area contributed by atoms with Crippen molar-refractivity contribution in [1.29, 1.82) is 0 Å². The molecule has 30 heavy (non-hydrogen) atoms. The Bertz CT molecular complexity index is 817. The van der Waals surface area contributed by atoms with Crippen LogP contribution in [0.3, 0.4) is 0 Å². The molecule has 1 aliphatic heterocycles. The van der Waals surface area contributed by atoms with Gasteiger partial charge in [-0.2, -0.15) is 0 Å². The Morgan fingerprint density at radius 3 is 2.57 bits per heavy atom. The molecule has 3 amide bonds. The largest absolute Gasteiger partial charge is 0.494 e. The van der Waals surface area contributed by atoms with Gasteiger partial charge in [0, 0.05) is 31.2 Å². The minimum Gasteiger partial charge on any atom is -0.494 e. The first-order chi connectivity index (χ1) is 14.7. The molecule has 0 radical (unpaired) electrons. The number of benzene rings is 2. The number of piperidine rings is 1. The van der Waals surface area contributed by atoms with Crippen LogP contribution in [0.25, 0.3) is 0 Å². The van der Waals surface area contributed by atoms with Crippen LogP contribution in [-0.2, 0) is 11.3 Å². The van der Waals surface area contributed by atoms with Gasteiger partial charge in [-0.3, -0.25) is 4.79 Å². The molecule has 0 atom stereocenters. The Morgan fingerprint density at radius 2 is 1.83 bits per heavy atom. The maximum absolute atomic E-state index is 12.6. The van der Waals surface area contributed by atoms with Crippen LogP contribution in [0.1, 0.15) is 38.2 Å². The number of amides is 3. The van der Waals surface area contributed by atoms with Crippen molar-refractivity contribution in [2.45, 2.75) is 39.2 Å². The number of hydrogen-bond donors (Lipinski definition) is 2. The summed E-state index contributed by atoms with van der Waals surface area (Å²) in [5.41, 5.74) is 1.81. The van der Waals surface area contributed by atoms with Crippen molar-refractivity contribution in [2.75, 3.05) is 25.0 Å². The van der Waals surface area contributed by atoms with Crippen LogP contribution < -0.4 is 15.4 Å². The van der Waals surface area contributed by atoms with Gasteiger partial charge < -0.3 is 20.3 Å². The highest BCUT2D eigenvalue weighted by Crippen LogP contribution is 2.19. The third-order valence-corrected chi connectivity index (χ3v) is 5.31.